The standard InChI is InChI=1S/C15H19N5O/c1-3-20(4-2)14-11-17-13(10-18-14)15(21)19-9-12-5-7-16-8-6-12/h5-8,10-11H,3-4,9H2,1-2H3,(H,19,21). The largest absolute Gasteiger partial charge is 0.356 e. The van der Waals surface area contributed by atoms with E-state index in [1.54, 1.807) is 18.6 Å². The molecule has 0 aliphatic rings. The van der Waals surface area contributed by atoms with E-state index in [1.807, 2.05) is 12.1 Å². The van der Waals surface area contributed by atoms with Crippen LogP contribution < -0.4 is 10.2 Å². The van der Waals surface area contributed by atoms with E-state index >= 15 is 0 Å². The number of aromatic nitrogens is 3. The van der Waals surface area contributed by atoms with Crippen molar-refractivity contribution < 1.29 is 4.79 Å². The monoisotopic (exact) mass is 285 g/mol. The Labute approximate surface area is 124 Å². The van der Waals surface area contributed by atoms with Gasteiger partial charge in [0, 0.05) is 32.0 Å². The third-order valence-corrected chi connectivity index (χ3v) is 3.16. The molecule has 110 valence electrons. The van der Waals surface area contributed by atoms with Crippen LogP contribution >= 0.6 is 0 Å². The summed E-state index contributed by atoms with van der Waals surface area (Å²) in [6.07, 6.45) is 6.53. The number of pyridine rings is 1. The van der Waals surface area contributed by atoms with Crippen LogP contribution in [0.5, 0.6) is 0 Å². The number of nitrogens with one attached hydrogen (secondary N) is 1. The zero-order valence-electron chi connectivity index (χ0n) is 12.3. The van der Waals surface area contributed by atoms with Crippen molar-refractivity contribution in [3.63, 3.8) is 0 Å². The lowest BCUT2D eigenvalue weighted by Gasteiger charge is -2.18. The molecule has 2 aromatic rings. The molecule has 21 heavy (non-hydrogen) atoms. The van der Waals surface area contributed by atoms with Gasteiger partial charge in [-0.3, -0.25) is 9.78 Å². The van der Waals surface area contributed by atoms with E-state index in [-0.39, 0.29) is 5.91 Å². The van der Waals surface area contributed by atoms with Crippen molar-refractivity contribution in [1.29, 1.82) is 0 Å². The molecule has 1 N–H and O–H groups in total. The normalized spacial score (nSPS) is 10.2. The molecule has 0 fully saturated rings. The Morgan fingerprint density at radius 2 is 1.86 bits per heavy atom. The molecule has 0 saturated heterocycles. The number of amides is 1. The zero-order chi connectivity index (χ0) is 15.1. The number of nitrogens with zero attached hydrogens (tertiary/aromatic N) is 4. The maximum absolute atomic E-state index is 12.0. The van der Waals surface area contributed by atoms with Gasteiger partial charge >= 0.3 is 0 Å². The van der Waals surface area contributed by atoms with Crippen LogP contribution in [0, 0.1) is 0 Å². The van der Waals surface area contributed by atoms with Gasteiger partial charge in [-0.05, 0) is 31.5 Å². The Hall–Kier alpha value is -2.50. The number of hydrogen-bond donors (Lipinski definition) is 1. The summed E-state index contributed by atoms with van der Waals surface area (Å²) in [6, 6.07) is 3.71. The zero-order valence-corrected chi connectivity index (χ0v) is 12.3. The molecule has 0 bridgehead atoms. The fraction of sp³-hybridized carbons (Fsp3) is 0.333. The van der Waals surface area contributed by atoms with Crippen LogP contribution in [0.15, 0.2) is 36.9 Å². The Balaban J connectivity index is 1.97. The molecule has 0 aliphatic carbocycles. The molecule has 0 atom stereocenters. The van der Waals surface area contributed by atoms with E-state index in [2.05, 4.69) is 39.0 Å². The molecule has 2 heterocycles. The summed E-state index contributed by atoms with van der Waals surface area (Å²) >= 11 is 0. The lowest BCUT2D eigenvalue weighted by atomic mass is 10.2. The van der Waals surface area contributed by atoms with Crippen molar-refractivity contribution in [3.8, 4) is 0 Å². The van der Waals surface area contributed by atoms with Crippen LogP contribution in [0.4, 0.5) is 5.82 Å². The van der Waals surface area contributed by atoms with E-state index in [0.29, 0.717) is 12.2 Å². The molecule has 0 radical (unpaired) electrons. The van der Waals surface area contributed by atoms with E-state index in [1.165, 1.54) is 6.20 Å². The summed E-state index contributed by atoms with van der Waals surface area (Å²) < 4.78 is 0. The predicted octanol–water partition coefficient (Wildman–Crippen LogP) is 1.65. The Morgan fingerprint density at radius 1 is 1.14 bits per heavy atom. The number of carbonyl (C=O) groups excluding carboxylic acids is 1. The van der Waals surface area contributed by atoms with Gasteiger partial charge in [0.15, 0.2) is 0 Å². The molecule has 0 aliphatic heterocycles. The molecular weight excluding hydrogens is 266 g/mol. The molecule has 0 unspecified atom stereocenters. The highest BCUT2D eigenvalue weighted by Crippen LogP contribution is 2.08. The third kappa shape index (κ3) is 3.98. The number of hydrogen-bond acceptors (Lipinski definition) is 5. The predicted molar refractivity (Wildman–Crippen MR) is 81.0 cm³/mol. The average Bonchev–Trinajstić information content (AvgIpc) is 2.55. The van der Waals surface area contributed by atoms with Gasteiger partial charge in [-0.25, -0.2) is 9.97 Å². The van der Waals surface area contributed by atoms with Crippen LogP contribution in [-0.4, -0.2) is 33.9 Å². The van der Waals surface area contributed by atoms with Crippen LogP contribution in [0.3, 0.4) is 0 Å². The number of anilines is 1. The van der Waals surface area contributed by atoms with Crippen molar-refractivity contribution >= 4 is 11.7 Å². The lowest BCUT2D eigenvalue weighted by Crippen LogP contribution is -2.26. The third-order valence-electron chi connectivity index (χ3n) is 3.16. The maximum Gasteiger partial charge on any atom is 0.271 e. The first kappa shape index (κ1) is 14.9. The van der Waals surface area contributed by atoms with Crippen molar-refractivity contribution in [2.24, 2.45) is 0 Å². The molecule has 6 heteroatoms. The highest BCUT2D eigenvalue weighted by molar-refractivity contribution is 5.91. The quantitative estimate of drug-likeness (QED) is 0.873. The van der Waals surface area contributed by atoms with Crippen LogP contribution in [-0.2, 0) is 6.54 Å². The molecule has 2 rings (SSSR count). The highest BCUT2D eigenvalue weighted by Gasteiger charge is 2.09. The molecule has 0 aromatic carbocycles. The van der Waals surface area contributed by atoms with Crippen LogP contribution in [0.25, 0.3) is 0 Å². The topological polar surface area (TPSA) is 71.0 Å². The second-order valence-electron chi connectivity index (χ2n) is 4.47. The minimum Gasteiger partial charge on any atom is -0.356 e. The van der Waals surface area contributed by atoms with Gasteiger partial charge in [0.2, 0.25) is 0 Å². The van der Waals surface area contributed by atoms with Crippen LogP contribution in [0.1, 0.15) is 29.9 Å². The minimum absolute atomic E-state index is 0.231. The average molecular weight is 285 g/mol. The maximum atomic E-state index is 12.0. The van der Waals surface area contributed by atoms with Crippen molar-refractivity contribution in [2.45, 2.75) is 20.4 Å². The molecule has 0 spiro atoms. The summed E-state index contributed by atoms with van der Waals surface area (Å²) in [5.41, 5.74) is 1.31. The molecule has 1 amide bonds. The molecule has 6 nitrogen and oxygen atoms in total. The van der Waals surface area contributed by atoms with Gasteiger partial charge in [0.05, 0.1) is 12.4 Å². The number of rotatable bonds is 6. The second-order valence-corrected chi connectivity index (χ2v) is 4.47. The van der Waals surface area contributed by atoms with Gasteiger partial charge in [-0.2, -0.15) is 0 Å². The van der Waals surface area contributed by atoms with E-state index in [9.17, 15) is 4.79 Å². The highest BCUT2D eigenvalue weighted by atomic mass is 16.1. The van der Waals surface area contributed by atoms with Gasteiger partial charge < -0.3 is 10.2 Å². The molecule has 2 aromatic heterocycles. The van der Waals surface area contributed by atoms with E-state index < -0.39 is 0 Å². The summed E-state index contributed by atoms with van der Waals surface area (Å²) in [5, 5.41) is 2.81. The first-order valence-corrected chi connectivity index (χ1v) is 6.98. The van der Waals surface area contributed by atoms with Gasteiger partial charge in [-0.15, -0.1) is 0 Å². The first-order valence-electron chi connectivity index (χ1n) is 6.98. The first-order chi connectivity index (χ1) is 10.2. The van der Waals surface area contributed by atoms with Gasteiger partial charge in [-0.1, -0.05) is 0 Å². The summed E-state index contributed by atoms with van der Waals surface area (Å²) in [7, 11) is 0. The van der Waals surface area contributed by atoms with Crippen molar-refractivity contribution in [1.82, 2.24) is 20.3 Å². The van der Waals surface area contributed by atoms with E-state index in [4.69, 9.17) is 0 Å². The van der Waals surface area contributed by atoms with Crippen molar-refractivity contribution in [3.05, 3.63) is 48.2 Å². The summed E-state index contributed by atoms with van der Waals surface area (Å²) in [5.74, 6) is 0.552. The van der Waals surface area contributed by atoms with Gasteiger partial charge in [0.25, 0.3) is 5.91 Å². The van der Waals surface area contributed by atoms with Crippen LogP contribution in [0.2, 0.25) is 0 Å². The SMILES string of the molecule is CCN(CC)c1cnc(C(=O)NCc2ccncc2)cn1. The molecular formula is C15H19N5O. The fourth-order valence-corrected chi connectivity index (χ4v) is 1.92. The Morgan fingerprint density at radius 3 is 2.43 bits per heavy atom. The van der Waals surface area contributed by atoms with E-state index in [0.717, 1.165) is 24.5 Å². The lowest BCUT2D eigenvalue weighted by molar-refractivity contribution is 0.0945. The molecule has 0 saturated carbocycles. The minimum atomic E-state index is -0.231. The second kappa shape index (κ2) is 7.33. The number of carbonyl (C=O) groups is 1. The smallest absolute Gasteiger partial charge is 0.271 e. The Bertz CT molecular complexity index is 566. The summed E-state index contributed by atoms with van der Waals surface area (Å²) in [4.78, 5) is 26.5. The summed E-state index contributed by atoms with van der Waals surface area (Å²) in [6.45, 7) is 6.28. The van der Waals surface area contributed by atoms with Crippen molar-refractivity contribution in [2.75, 3.05) is 18.0 Å². The Kier molecular flexibility index (Phi) is 5.20. The fourth-order valence-electron chi connectivity index (χ4n) is 1.92. The van der Waals surface area contributed by atoms with Gasteiger partial charge in [0.1, 0.15) is 11.5 Å².